The van der Waals surface area contributed by atoms with E-state index in [0.717, 1.165) is 55.4 Å². The van der Waals surface area contributed by atoms with Crippen LogP contribution in [0.15, 0.2) is 28.9 Å². The normalized spacial score (nSPS) is 15.9. The molecule has 0 saturated carbocycles. The van der Waals surface area contributed by atoms with Crippen molar-refractivity contribution in [2.45, 2.75) is 27.3 Å². The molecule has 1 amide bonds. The molecule has 2 aromatic heterocycles. The summed E-state index contributed by atoms with van der Waals surface area (Å²) >= 11 is 0. The van der Waals surface area contributed by atoms with Crippen LogP contribution in [0, 0.1) is 20.8 Å². The van der Waals surface area contributed by atoms with E-state index in [4.69, 9.17) is 4.42 Å². The fraction of sp³-hybridized carbons (Fsp3) is 0.444. The van der Waals surface area contributed by atoms with Gasteiger partial charge in [-0.3, -0.25) is 14.7 Å². The molecular formula is C18H23N3O2. The Morgan fingerprint density at radius 3 is 2.48 bits per heavy atom. The van der Waals surface area contributed by atoms with Crippen molar-refractivity contribution < 1.29 is 9.21 Å². The second-order valence-electron chi connectivity index (χ2n) is 6.14. The van der Waals surface area contributed by atoms with Crippen LogP contribution in [-0.4, -0.2) is 46.9 Å². The molecule has 1 aliphatic heterocycles. The summed E-state index contributed by atoms with van der Waals surface area (Å²) in [5.74, 6) is 1.65. The third-order valence-corrected chi connectivity index (χ3v) is 4.56. The van der Waals surface area contributed by atoms with Crippen LogP contribution in [0.1, 0.15) is 33.0 Å². The molecule has 0 N–H and O–H groups in total. The summed E-state index contributed by atoms with van der Waals surface area (Å²) in [6.45, 7) is 9.89. The predicted molar refractivity (Wildman–Crippen MR) is 88.3 cm³/mol. The summed E-state index contributed by atoms with van der Waals surface area (Å²) in [5, 5.41) is 0. The van der Waals surface area contributed by atoms with E-state index in [2.05, 4.69) is 16.0 Å². The van der Waals surface area contributed by atoms with E-state index in [1.807, 2.05) is 37.9 Å². The fourth-order valence-corrected chi connectivity index (χ4v) is 3.13. The van der Waals surface area contributed by atoms with Crippen LogP contribution in [0.3, 0.4) is 0 Å². The molecule has 0 unspecified atom stereocenters. The summed E-state index contributed by atoms with van der Waals surface area (Å²) in [6.07, 6.45) is 3.69. The summed E-state index contributed by atoms with van der Waals surface area (Å²) in [5.41, 5.74) is 2.91. The van der Waals surface area contributed by atoms with Gasteiger partial charge >= 0.3 is 0 Å². The molecule has 0 atom stereocenters. The second-order valence-corrected chi connectivity index (χ2v) is 6.14. The number of rotatable bonds is 3. The highest BCUT2D eigenvalue weighted by molar-refractivity contribution is 5.97. The molecule has 5 heteroatoms. The number of carbonyl (C=O) groups excluding carboxylic acids is 1. The zero-order valence-electron chi connectivity index (χ0n) is 14.0. The molecule has 1 aliphatic rings. The molecule has 0 spiro atoms. The first-order valence-electron chi connectivity index (χ1n) is 8.03. The Labute approximate surface area is 136 Å². The van der Waals surface area contributed by atoms with Crippen LogP contribution in [0.5, 0.6) is 0 Å². The van der Waals surface area contributed by atoms with Crippen LogP contribution in [0.25, 0.3) is 0 Å². The molecule has 1 saturated heterocycles. The molecule has 0 aromatic carbocycles. The number of hydrogen-bond donors (Lipinski definition) is 0. The van der Waals surface area contributed by atoms with Gasteiger partial charge in [0.05, 0.1) is 5.56 Å². The Balaban J connectivity index is 1.61. The lowest BCUT2D eigenvalue weighted by atomic mass is 10.1. The standard InChI is InChI=1S/C18H23N3O2/c1-13-14(2)23-15(3)17(13)18(22)21-9-7-20(8-10-21)12-16-5-4-6-19-11-16/h4-6,11H,7-10,12H2,1-3H3. The Hall–Kier alpha value is -2.14. The molecule has 122 valence electrons. The molecule has 0 radical (unpaired) electrons. The lowest BCUT2D eigenvalue weighted by Gasteiger charge is -2.34. The summed E-state index contributed by atoms with van der Waals surface area (Å²) < 4.78 is 5.59. The van der Waals surface area contributed by atoms with Crippen LogP contribution in [0.2, 0.25) is 0 Å². The van der Waals surface area contributed by atoms with Crippen molar-refractivity contribution in [2.75, 3.05) is 26.2 Å². The first-order valence-corrected chi connectivity index (χ1v) is 8.03. The van der Waals surface area contributed by atoms with Crippen LogP contribution in [0.4, 0.5) is 0 Å². The first-order chi connectivity index (χ1) is 11.1. The van der Waals surface area contributed by atoms with Gasteiger partial charge in [0, 0.05) is 50.7 Å². The number of furan rings is 1. The van der Waals surface area contributed by atoms with E-state index in [-0.39, 0.29) is 5.91 Å². The topological polar surface area (TPSA) is 49.6 Å². The fourth-order valence-electron chi connectivity index (χ4n) is 3.13. The maximum Gasteiger partial charge on any atom is 0.257 e. The SMILES string of the molecule is Cc1oc(C)c(C(=O)N2CCN(Cc3cccnc3)CC2)c1C. The van der Waals surface area contributed by atoms with Gasteiger partial charge in [-0.1, -0.05) is 6.07 Å². The van der Waals surface area contributed by atoms with Gasteiger partial charge in [-0.05, 0) is 32.4 Å². The van der Waals surface area contributed by atoms with E-state index in [0.29, 0.717) is 0 Å². The largest absolute Gasteiger partial charge is 0.466 e. The third kappa shape index (κ3) is 3.29. The Morgan fingerprint density at radius 2 is 1.91 bits per heavy atom. The number of aromatic nitrogens is 1. The van der Waals surface area contributed by atoms with E-state index < -0.39 is 0 Å². The third-order valence-electron chi connectivity index (χ3n) is 4.56. The maximum atomic E-state index is 12.8. The molecule has 3 heterocycles. The summed E-state index contributed by atoms with van der Waals surface area (Å²) in [7, 11) is 0. The second kappa shape index (κ2) is 6.54. The predicted octanol–water partition coefficient (Wildman–Crippen LogP) is 2.56. The first kappa shape index (κ1) is 15.7. The Kier molecular flexibility index (Phi) is 4.48. The van der Waals surface area contributed by atoms with Gasteiger partial charge < -0.3 is 9.32 Å². The highest BCUT2D eigenvalue weighted by Gasteiger charge is 2.26. The summed E-state index contributed by atoms with van der Waals surface area (Å²) in [6, 6.07) is 4.05. The number of nitrogens with zero attached hydrogens (tertiary/aromatic N) is 3. The average Bonchev–Trinajstić information content (AvgIpc) is 2.81. The Morgan fingerprint density at radius 1 is 1.17 bits per heavy atom. The zero-order valence-corrected chi connectivity index (χ0v) is 14.0. The van der Waals surface area contributed by atoms with Crippen LogP contribution < -0.4 is 0 Å². The van der Waals surface area contributed by atoms with Crippen molar-refractivity contribution >= 4 is 5.91 Å². The van der Waals surface area contributed by atoms with Gasteiger partial charge in [0.15, 0.2) is 0 Å². The van der Waals surface area contributed by atoms with Gasteiger partial charge in [0.25, 0.3) is 5.91 Å². The minimum absolute atomic E-state index is 0.0953. The van der Waals surface area contributed by atoms with Crippen molar-refractivity contribution in [1.29, 1.82) is 0 Å². The van der Waals surface area contributed by atoms with E-state index in [9.17, 15) is 4.79 Å². The number of carbonyl (C=O) groups is 1. The maximum absolute atomic E-state index is 12.8. The molecule has 3 rings (SSSR count). The van der Waals surface area contributed by atoms with Crippen molar-refractivity contribution in [1.82, 2.24) is 14.8 Å². The van der Waals surface area contributed by atoms with Crippen LogP contribution in [-0.2, 0) is 6.54 Å². The van der Waals surface area contributed by atoms with E-state index in [1.165, 1.54) is 5.56 Å². The number of pyridine rings is 1. The number of hydrogen-bond acceptors (Lipinski definition) is 4. The van der Waals surface area contributed by atoms with Gasteiger partial charge in [0.1, 0.15) is 11.5 Å². The van der Waals surface area contributed by atoms with Crippen molar-refractivity contribution in [3.05, 3.63) is 52.7 Å². The van der Waals surface area contributed by atoms with E-state index >= 15 is 0 Å². The van der Waals surface area contributed by atoms with Crippen molar-refractivity contribution in [3.63, 3.8) is 0 Å². The molecular weight excluding hydrogens is 290 g/mol. The minimum Gasteiger partial charge on any atom is -0.466 e. The van der Waals surface area contributed by atoms with Crippen LogP contribution >= 0.6 is 0 Å². The van der Waals surface area contributed by atoms with Crippen molar-refractivity contribution in [2.24, 2.45) is 0 Å². The monoisotopic (exact) mass is 313 g/mol. The van der Waals surface area contributed by atoms with Gasteiger partial charge in [-0.25, -0.2) is 0 Å². The highest BCUT2D eigenvalue weighted by atomic mass is 16.3. The van der Waals surface area contributed by atoms with Gasteiger partial charge in [0.2, 0.25) is 0 Å². The molecule has 23 heavy (non-hydrogen) atoms. The van der Waals surface area contributed by atoms with Gasteiger partial charge in [-0.15, -0.1) is 0 Å². The van der Waals surface area contributed by atoms with E-state index in [1.54, 1.807) is 6.20 Å². The highest BCUT2D eigenvalue weighted by Crippen LogP contribution is 2.23. The zero-order chi connectivity index (χ0) is 16.4. The summed E-state index contributed by atoms with van der Waals surface area (Å²) in [4.78, 5) is 21.2. The molecule has 2 aromatic rings. The molecule has 1 fully saturated rings. The lowest BCUT2D eigenvalue weighted by Crippen LogP contribution is -2.48. The lowest BCUT2D eigenvalue weighted by molar-refractivity contribution is 0.0626. The van der Waals surface area contributed by atoms with Gasteiger partial charge in [-0.2, -0.15) is 0 Å². The Bertz CT molecular complexity index is 686. The number of aryl methyl sites for hydroxylation is 2. The van der Waals surface area contributed by atoms with Crippen molar-refractivity contribution in [3.8, 4) is 0 Å². The quantitative estimate of drug-likeness (QED) is 0.874. The molecule has 0 bridgehead atoms. The molecule has 0 aliphatic carbocycles. The number of piperazine rings is 1. The minimum atomic E-state index is 0.0953. The molecule has 5 nitrogen and oxygen atoms in total. The average molecular weight is 313 g/mol. The number of amides is 1. The smallest absolute Gasteiger partial charge is 0.257 e.